The number of hydrogen-bond donors (Lipinski definition) is 1. The van der Waals surface area contributed by atoms with Gasteiger partial charge in [-0.15, -0.1) is 0 Å². The van der Waals surface area contributed by atoms with Crippen LogP contribution < -0.4 is 5.32 Å². The highest BCUT2D eigenvalue weighted by atomic mass is 15.2. The minimum atomic E-state index is 0.685. The van der Waals surface area contributed by atoms with Crippen molar-refractivity contribution in [2.45, 2.75) is 51.6 Å². The Balaban J connectivity index is 1.68. The highest BCUT2D eigenvalue weighted by Crippen LogP contribution is 2.18. The van der Waals surface area contributed by atoms with Gasteiger partial charge in [0.25, 0.3) is 0 Å². The van der Waals surface area contributed by atoms with E-state index in [4.69, 9.17) is 0 Å². The lowest BCUT2D eigenvalue weighted by Gasteiger charge is -2.20. The van der Waals surface area contributed by atoms with E-state index in [1.54, 1.807) is 5.57 Å². The van der Waals surface area contributed by atoms with E-state index in [1.807, 2.05) is 0 Å². The van der Waals surface area contributed by atoms with E-state index >= 15 is 0 Å². The summed E-state index contributed by atoms with van der Waals surface area (Å²) >= 11 is 0. The summed E-state index contributed by atoms with van der Waals surface area (Å²) in [7, 11) is 0. The number of rotatable bonds is 4. The number of nitrogens with one attached hydrogen (secondary N) is 1. The number of hydrogen-bond acceptors (Lipinski definition) is 2. The molecule has 0 radical (unpaired) electrons. The van der Waals surface area contributed by atoms with Gasteiger partial charge in [-0.05, 0) is 32.3 Å². The predicted octanol–water partition coefficient (Wildman–Crippen LogP) is 2.17. The molecule has 0 unspecified atom stereocenters. The third kappa shape index (κ3) is 3.05. The Morgan fingerprint density at radius 1 is 1.40 bits per heavy atom. The maximum atomic E-state index is 3.69. The first-order valence-corrected chi connectivity index (χ1v) is 6.41. The van der Waals surface area contributed by atoms with Crippen molar-refractivity contribution in [3.8, 4) is 0 Å². The molecule has 1 aliphatic carbocycles. The Kier molecular flexibility index (Phi) is 3.81. The van der Waals surface area contributed by atoms with Gasteiger partial charge in [0, 0.05) is 31.7 Å². The molecule has 0 saturated heterocycles. The van der Waals surface area contributed by atoms with E-state index in [0.29, 0.717) is 6.04 Å². The second-order valence-corrected chi connectivity index (χ2v) is 5.25. The molecule has 0 aromatic rings. The van der Waals surface area contributed by atoms with Crippen LogP contribution in [0.1, 0.15) is 39.5 Å². The van der Waals surface area contributed by atoms with Crippen LogP contribution in [-0.2, 0) is 0 Å². The van der Waals surface area contributed by atoms with Crippen LogP contribution in [-0.4, -0.2) is 36.6 Å². The lowest BCUT2D eigenvalue weighted by atomic mass is 10.2. The topological polar surface area (TPSA) is 15.3 Å². The lowest BCUT2D eigenvalue weighted by molar-refractivity contribution is 0.282. The van der Waals surface area contributed by atoms with Crippen molar-refractivity contribution in [1.82, 2.24) is 10.2 Å². The molecule has 1 fully saturated rings. The SMILES string of the molecule is CC(C)N1CC=C(CNC2CCCC2)C1. The first-order valence-electron chi connectivity index (χ1n) is 6.41. The average molecular weight is 208 g/mol. The molecule has 0 atom stereocenters. The van der Waals surface area contributed by atoms with Crippen LogP contribution in [0.5, 0.6) is 0 Å². The smallest absolute Gasteiger partial charge is 0.0212 e. The van der Waals surface area contributed by atoms with Crippen molar-refractivity contribution in [3.63, 3.8) is 0 Å². The van der Waals surface area contributed by atoms with Crippen LogP contribution in [0.4, 0.5) is 0 Å². The molecular weight excluding hydrogens is 184 g/mol. The Labute approximate surface area is 93.7 Å². The van der Waals surface area contributed by atoms with Gasteiger partial charge in [-0.2, -0.15) is 0 Å². The Hall–Kier alpha value is -0.340. The maximum Gasteiger partial charge on any atom is 0.0212 e. The quantitative estimate of drug-likeness (QED) is 0.712. The third-order valence-electron chi connectivity index (χ3n) is 3.72. The molecule has 0 amide bonds. The predicted molar refractivity (Wildman–Crippen MR) is 65.1 cm³/mol. The average Bonchev–Trinajstić information content (AvgIpc) is 2.86. The van der Waals surface area contributed by atoms with Gasteiger partial charge in [0.05, 0.1) is 0 Å². The van der Waals surface area contributed by atoms with Gasteiger partial charge in [0.15, 0.2) is 0 Å². The number of nitrogens with zero attached hydrogens (tertiary/aromatic N) is 1. The first-order chi connectivity index (χ1) is 7.25. The lowest BCUT2D eigenvalue weighted by Crippen LogP contribution is -2.32. The van der Waals surface area contributed by atoms with Crippen LogP contribution in [0.15, 0.2) is 11.6 Å². The molecule has 0 spiro atoms. The van der Waals surface area contributed by atoms with Crippen LogP contribution in [0, 0.1) is 0 Å². The molecule has 1 aliphatic heterocycles. The van der Waals surface area contributed by atoms with E-state index in [2.05, 4.69) is 30.1 Å². The molecule has 2 nitrogen and oxygen atoms in total. The zero-order chi connectivity index (χ0) is 10.7. The summed E-state index contributed by atoms with van der Waals surface area (Å²) in [6, 6.07) is 1.49. The largest absolute Gasteiger partial charge is 0.310 e. The highest BCUT2D eigenvalue weighted by Gasteiger charge is 2.18. The summed E-state index contributed by atoms with van der Waals surface area (Å²) in [6.45, 7) is 8.01. The van der Waals surface area contributed by atoms with Gasteiger partial charge >= 0.3 is 0 Å². The van der Waals surface area contributed by atoms with Crippen molar-refractivity contribution in [3.05, 3.63) is 11.6 Å². The molecule has 1 N–H and O–H groups in total. The third-order valence-corrected chi connectivity index (χ3v) is 3.72. The van der Waals surface area contributed by atoms with Crippen molar-refractivity contribution in [2.24, 2.45) is 0 Å². The van der Waals surface area contributed by atoms with E-state index in [1.165, 1.54) is 32.2 Å². The molecule has 15 heavy (non-hydrogen) atoms. The van der Waals surface area contributed by atoms with Crippen LogP contribution in [0.3, 0.4) is 0 Å². The normalized spacial score (nSPS) is 24.1. The Morgan fingerprint density at radius 3 is 2.73 bits per heavy atom. The van der Waals surface area contributed by atoms with Gasteiger partial charge in [0.2, 0.25) is 0 Å². The van der Waals surface area contributed by atoms with E-state index in [9.17, 15) is 0 Å². The fraction of sp³-hybridized carbons (Fsp3) is 0.846. The molecule has 0 bridgehead atoms. The van der Waals surface area contributed by atoms with E-state index < -0.39 is 0 Å². The van der Waals surface area contributed by atoms with Gasteiger partial charge in [0.1, 0.15) is 0 Å². The fourth-order valence-electron chi connectivity index (χ4n) is 2.56. The summed E-state index contributed by atoms with van der Waals surface area (Å²) in [6.07, 6.45) is 8.04. The minimum Gasteiger partial charge on any atom is -0.310 e. The highest BCUT2D eigenvalue weighted by molar-refractivity contribution is 5.14. The second-order valence-electron chi connectivity index (χ2n) is 5.25. The van der Waals surface area contributed by atoms with Gasteiger partial charge in [-0.3, -0.25) is 4.90 Å². The van der Waals surface area contributed by atoms with Crippen LogP contribution in [0.25, 0.3) is 0 Å². The van der Waals surface area contributed by atoms with Crippen molar-refractivity contribution in [2.75, 3.05) is 19.6 Å². The van der Waals surface area contributed by atoms with Crippen molar-refractivity contribution >= 4 is 0 Å². The van der Waals surface area contributed by atoms with Crippen LogP contribution >= 0.6 is 0 Å². The van der Waals surface area contributed by atoms with Crippen molar-refractivity contribution in [1.29, 1.82) is 0 Å². The van der Waals surface area contributed by atoms with Crippen molar-refractivity contribution < 1.29 is 0 Å². The molecule has 1 saturated carbocycles. The molecular formula is C13H24N2. The molecule has 0 aromatic heterocycles. The Bertz CT molecular complexity index is 227. The zero-order valence-electron chi connectivity index (χ0n) is 10.1. The monoisotopic (exact) mass is 208 g/mol. The molecule has 1 heterocycles. The van der Waals surface area contributed by atoms with E-state index in [-0.39, 0.29) is 0 Å². The fourth-order valence-corrected chi connectivity index (χ4v) is 2.56. The van der Waals surface area contributed by atoms with Gasteiger partial charge < -0.3 is 5.32 Å². The van der Waals surface area contributed by atoms with Gasteiger partial charge in [-0.25, -0.2) is 0 Å². The maximum absolute atomic E-state index is 3.69. The second kappa shape index (κ2) is 5.13. The van der Waals surface area contributed by atoms with Gasteiger partial charge in [-0.1, -0.05) is 18.9 Å². The van der Waals surface area contributed by atoms with E-state index in [0.717, 1.165) is 19.1 Å². The summed E-state index contributed by atoms with van der Waals surface area (Å²) in [4.78, 5) is 2.52. The zero-order valence-corrected chi connectivity index (χ0v) is 10.1. The first kappa shape index (κ1) is 11.2. The van der Waals surface area contributed by atoms with Crippen LogP contribution in [0.2, 0.25) is 0 Å². The Morgan fingerprint density at radius 2 is 2.13 bits per heavy atom. The summed E-state index contributed by atoms with van der Waals surface area (Å²) < 4.78 is 0. The molecule has 86 valence electrons. The summed E-state index contributed by atoms with van der Waals surface area (Å²) in [5, 5.41) is 3.69. The molecule has 2 rings (SSSR count). The summed E-state index contributed by atoms with van der Waals surface area (Å²) in [5.41, 5.74) is 1.59. The summed E-state index contributed by atoms with van der Waals surface area (Å²) in [5.74, 6) is 0. The minimum absolute atomic E-state index is 0.685. The molecule has 2 heteroatoms. The standard InChI is InChI=1S/C13H24N2/c1-11(2)15-8-7-12(10-15)9-14-13-5-3-4-6-13/h7,11,13-14H,3-6,8-10H2,1-2H3. The molecule has 2 aliphatic rings. The molecule has 0 aromatic carbocycles.